The van der Waals surface area contributed by atoms with Gasteiger partial charge in [-0.1, -0.05) is 5.11 Å². The zero-order valence-electron chi connectivity index (χ0n) is 41.2. The fourth-order valence-electron chi connectivity index (χ4n) is 10.6. The van der Waals surface area contributed by atoms with Crippen LogP contribution in [0.2, 0.25) is 0 Å². The van der Waals surface area contributed by atoms with Crippen molar-refractivity contribution < 1.29 is 168 Å². The zero-order valence-corrected chi connectivity index (χ0v) is 41.2. The molecule has 0 aromatic rings. The lowest BCUT2D eigenvalue weighted by Gasteiger charge is -2.50. The monoisotopic (exact) mass is 1160 g/mol. The van der Waals surface area contributed by atoms with Crippen LogP contribution in [0.15, 0.2) is 5.11 Å². The Morgan fingerprint density at radius 2 is 0.405 bits per heavy atom. The summed E-state index contributed by atoms with van der Waals surface area (Å²) in [4.78, 5) is 2.69. The van der Waals surface area contributed by atoms with Crippen molar-refractivity contribution >= 4 is 0 Å². The Morgan fingerprint density at radius 1 is 0.241 bits per heavy atom. The molecule has 21 heterocycles. The molecule has 21 saturated heterocycles. The minimum Gasteiger partial charge on any atom is -0.394 e. The topological polar surface area (TPSA) is 583 Å². The molecule has 37 nitrogen and oxygen atoms in total. The third-order valence-corrected chi connectivity index (χ3v) is 15.0. The smallest absolute Gasteiger partial charge is 0.187 e. The van der Waals surface area contributed by atoms with Gasteiger partial charge >= 0.3 is 0 Å². The second-order valence-corrected chi connectivity index (χ2v) is 19.9. The summed E-state index contributed by atoms with van der Waals surface area (Å²) in [5.41, 5.74) is 9.57. The molecule has 0 saturated carbocycles. The normalized spacial score (nSPS) is 54.1. The van der Waals surface area contributed by atoms with Crippen LogP contribution in [-0.2, 0) is 66.3 Å². The standard InChI is InChI=1S/C42H69N3O34/c43-45-44-15-16(53)36-66-8(1-46)29(15)73-37-23(60)17(54)31(10(3-48)67-37)75-39-25(62)19(56)33(12(5-50)69-39)77-41-27(64)21(58)35(14(7-52)71-41)79-42-28(65)22(59)34(13(6-51)72-42)78-40-26(63)20(57)32(11(4-49)70-40)76-38-24(61)18(55)30(74-36)9(2-47)68-38/h8-42,46-65H,1-7H2/t8-,9-,10+,11-,12-,13-,14-,15-,16-,17-,18+,19-,20+,21-,22-,23-,24+,25-,26+,27-,28-,29-,30-,31-,32-,33-,34-,35-,36-,37-,38-,39-,40-,41-,42-/m1/s1. The summed E-state index contributed by atoms with van der Waals surface area (Å²) < 4.78 is 79.9. The van der Waals surface area contributed by atoms with Gasteiger partial charge in [-0.15, -0.1) is 0 Å². The van der Waals surface area contributed by atoms with Crippen LogP contribution in [0.5, 0.6) is 0 Å². The molecule has 0 aliphatic carbocycles. The summed E-state index contributed by atoms with van der Waals surface area (Å²) in [5.74, 6) is 0. The highest BCUT2D eigenvalue weighted by Gasteiger charge is 2.59. The summed E-state index contributed by atoms with van der Waals surface area (Å²) in [6.45, 7) is -7.41. The first-order valence-electron chi connectivity index (χ1n) is 25.0. The number of hydrogen-bond donors (Lipinski definition) is 20. The number of rotatable bonds is 8. The van der Waals surface area contributed by atoms with Crippen molar-refractivity contribution in [1.82, 2.24) is 0 Å². The largest absolute Gasteiger partial charge is 0.394 e. The van der Waals surface area contributed by atoms with Crippen LogP contribution in [0.3, 0.4) is 0 Å². The summed E-state index contributed by atoms with van der Waals surface area (Å²) in [6.07, 6.45) is -68.4. The van der Waals surface area contributed by atoms with Gasteiger partial charge in [-0.25, -0.2) is 0 Å². The van der Waals surface area contributed by atoms with E-state index in [4.69, 9.17) is 66.3 Å². The van der Waals surface area contributed by atoms with Crippen LogP contribution < -0.4 is 0 Å². The summed E-state index contributed by atoms with van der Waals surface area (Å²) in [7, 11) is 0. The summed E-state index contributed by atoms with van der Waals surface area (Å²) >= 11 is 0. The maximum absolute atomic E-state index is 11.5. The molecule has 456 valence electrons. The molecular formula is C42H69N3O34. The Kier molecular flexibility index (Phi) is 21.4. The number of aliphatic hydroxyl groups excluding tert-OH is 20. The maximum atomic E-state index is 11.5. The number of aliphatic hydroxyl groups is 20. The molecular weight excluding hydrogens is 1090 g/mol. The molecule has 37 heteroatoms. The molecule has 0 amide bonds. The number of nitrogens with zero attached hydrogens (tertiary/aromatic N) is 3. The Morgan fingerprint density at radius 3 is 0.582 bits per heavy atom. The highest BCUT2D eigenvalue weighted by molar-refractivity contribution is 5.03. The van der Waals surface area contributed by atoms with Crippen LogP contribution in [0.25, 0.3) is 10.4 Å². The lowest BCUT2D eigenvalue weighted by molar-refractivity contribution is -0.396. The second kappa shape index (κ2) is 26.9. The molecule has 20 N–H and O–H groups in total. The fourth-order valence-corrected chi connectivity index (χ4v) is 10.6. The van der Waals surface area contributed by atoms with Crippen LogP contribution >= 0.6 is 0 Å². The highest BCUT2D eigenvalue weighted by Crippen LogP contribution is 2.39. The van der Waals surface area contributed by atoms with E-state index in [9.17, 15) is 108 Å². The van der Waals surface area contributed by atoms with E-state index in [1.54, 1.807) is 0 Å². The predicted octanol–water partition coefficient (Wildman–Crippen LogP) is -13.9. The molecule has 21 aliphatic rings. The van der Waals surface area contributed by atoms with Crippen LogP contribution in [-0.4, -0.2) is 363 Å². The van der Waals surface area contributed by atoms with E-state index < -0.39 is 261 Å². The van der Waals surface area contributed by atoms with Crippen molar-refractivity contribution in [1.29, 1.82) is 0 Å². The van der Waals surface area contributed by atoms with Gasteiger partial charge in [-0.2, -0.15) is 0 Å². The van der Waals surface area contributed by atoms with E-state index in [0.29, 0.717) is 0 Å². The van der Waals surface area contributed by atoms with Crippen molar-refractivity contribution in [3.8, 4) is 0 Å². The van der Waals surface area contributed by atoms with Crippen molar-refractivity contribution in [3.63, 3.8) is 0 Å². The molecule has 21 aliphatic heterocycles. The lowest BCUT2D eigenvalue weighted by Crippen LogP contribution is -2.68. The predicted molar refractivity (Wildman–Crippen MR) is 235 cm³/mol. The lowest BCUT2D eigenvalue weighted by atomic mass is 9.94. The average molecular weight is 1160 g/mol. The van der Waals surface area contributed by atoms with Gasteiger partial charge in [-0.05, 0) is 5.53 Å². The summed E-state index contributed by atoms with van der Waals surface area (Å²) in [5, 5.41) is 224. The van der Waals surface area contributed by atoms with Gasteiger partial charge in [0.1, 0.15) is 165 Å². The molecule has 14 bridgehead atoms. The number of azide groups is 1. The van der Waals surface area contributed by atoms with E-state index in [1.807, 2.05) is 0 Å². The maximum Gasteiger partial charge on any atom is 0.187 e. The van der Waals surface area contributed by atoms with Gasteiger partial charge in [-0.3, -0.25) is 0 Å². The SMILES string of the molecule is [N-]=[N+]=N[C@@H]1[C@@H](O)[C@H]2O[C@H]3[C@@H](O)[C@H](O)[C@@H](O[C@H]4[C@@H](O)[C@H](O)[C@@H](O[C@H]5[C@H](O)[C@@H](O)[C@@H](O[C@H]6[C@H](O)[C@@H](O)[C@@H](O[C@H]7[C@H](O)[C@@H](O)[C@@H](O[C@H]8[C@H](O)[C@@H](O)[C@@H](O[C@@H]1[C@@H](CO)O2)O[C@H]8CO)O[C@@H]7CO)O[C@@H]6CO)O[C@@H]5CO)O[C@@H]4CO)O[C@@H]3CO. The van der Waals surface area contributed by atoms with Crippen LogP contribution in [0.1, 0.15) is 0 Å². The van der Waals surface area contributed by atoms with Gasteiger partial charge in [0.2, 0.25) is 0 Å². The Labute approximate surface area is 444 Å². The van der Waals surface area contributed by atoms with Crippen molar-refractivity contribution in [2.45, 2.75) is 215 Å². The molecule has 0 aromatic heterocycles. The Bertz CT molecular complexity index is 1960. The molecule has 21 rings (SSSR count). The van der Waals surface area contributed by atoms with Gasteiger partial charge in [0.05, 0.1) is 52.3 Å². The first-order chi connectivity index (χ1) is 37.7. The van der Waals surface area contributed by atoms with E-state index >= 15 is 0 Å². The minimum atomic E-state index is -2.23. The molecule has 79 heavy (non-hydrogen) atoms. The van der Waals surface area contributed by atoms with E-state index in [0.717, 1.165) is 0 Å². The first-order valence-corrected chi connectivity index (χ1v) is 25.0. The van der Waals surface area contributed by atoms with E-state index in [2.05, 4.69) is 10.0 Å². The average Bonchev–Trinajstić information content (AvgIpc) is 3.48. The highest BCUT2D eigenvalue weighted by atomic mass is 16.8. The van der Waals surface area contributed by atoms with Crippen LogP contribution in [0.4, 0.5) is 0 Å². The molecule has 21 fully saturated rings. The molecule has 0 radical (unpaired) electrons. The quantitative estimate of drug-likeness (QED) is 0.0610. The molecule has 35 atom stereocenters. The fraction of sp³-hybridized carbons (Fsp3) is 1.00. The summed E-state index contributed by atoms with van der Waals surface area (Å²) in [6, 6.07) is -1.89. The van der Waals surface area contributed by atoms with Gasteiger partial charge in [0.15, 0.2) is 44.0 Å². The van der Waals surface area contributed by atoms with E-state index in [1.165, 1.54) is 0 Å². The van der Waals surface area contributed by atoms with Crippen LogP contribution in [0, 0.1) is 0 Å². The third kappa shape index (κ3) is 12.4. The molecule has 0 unspecified atom stereocenters. The number of hydrogen-bond acceptors (Lipinski definition) is 35. The number of ether oxygens (including phenoxy) is 14. The Hall–Kier alpha value is -2.05. The minimum absolute atomic E-state index is 1.05. The van der Waals surface area contributed by atoms with Gasteiger partial charge in [0.25, 0.3) is 0 Å². The van der Waals surface area contributed by atoms with Crippen molar-refractivity contribution in [2.75, 3.05) is 46.2 Å². The zero-order chi connectivity index (χ0) is 57.5. The Balaban J connectivity index is 1.09. The van der Waals surface area contributed by atoms with Gasteiger partial charge in [0, 0.05) is 4.91 Å². The van der Waals surface area contributed by atoms with Gasteiger partial charge < -0.3 is 168 Å². The third-order valence-electron chi connectivity index (χ3n) is 15.0. The van der Waals surface area contributed by atoms with Crippen molar-refractivity contribution in [3.05, 3.63) is 10.4 Å². The van der Waals surface area contributed by atoms with E-state index in [-0.39, 0.29) is 0 Å². The molecule has 0 aromatic carbocycles. The second-order valence-electron chi connectivity index (χ2n) is 19.9. The first kappa shape index (κ1) is 63.0. The van der Waals surface area contributed by atoms with Crippen molar-refractivity contribution in [2.24, 2.45) is 5.11 Å². The molecule has 0 spiro atoms.